The second kappa shape index (κ2) is 4.34. The SMILES string of the molecule is OB(O)Oc1cccc(C(F)F)c1F. The van der Waals surface area contributed by atoms with E-state index in [0.29, 0.717) is 0 Å². The van der Waals surface area contributed by atoms with Crippen molar-refractivity contribution in [2.75, 3.05) is 0 Å². The van der Waals surface area contributed by atoms with Gasteiger partial charge in [-0.3, -0.25) is 0 Å². The zero-order chi connectivity index (χ0) is 10.7. The number of rotatable bonds is 3. The standard InChI is InChI=1S/C7H6BF3O3/c9-6-4(7(10)11)2-1-3-5(6)14-8(12)13/h1-3,7,12-13H. The lowest BCUT2D eigenvalue weighted by Crippen LogP contribution is -2.21. The smallest absolute Gasteiger partial charge is 0.510 e. The van der Waals surface area contributed by atoms with Crippen LogP contribution in [0.4, 0.5) is 13.2 Å². The molecule has 0 fully saturated rings. The summed E-state index contributed by atoms with van der Waals surface area (Å²) in [6.07, 6.45) is -2.98. The van der Waals surface area contributed by atoms with E-state index in [9.17, 15) is 13.2 Å². The molecule has 0 heterocycles. The third kappa shape index (κ3) is 2.40. The maximum Gasteiger partial charge on any atom is 0.707 e. The van der Waals surface area contributed by atoms with Crippen LogP contribution in [0.5, 0.6) is 5.75 Å². The third-order valence-electron chi connectivity index (χ3n) is 1.46. The van der Waals surface area contributed by atoms with Gasteiger partial charge in [0, 0.05) is 0 Å². The molecular formula is C7H6BF3O3. The molecule has 0 spiro atoms. The fourth-order valence-corrected chi connectivity index (χ4v) is 0.901. The Bertz CT molecular complexity index is 319. The summed E-state index contributed by atoms with van der Waals surface area (Å²) in [5.41, 5.74) is -0.844. The summed E-state index contributed by atoms with van der Waals surface area (Å²) in [7, 11) is -2.24. The van der Waals surface area contributed by atoms with Gasteiger partial charge in [-0.15, -0.1) is 0 Å². The highest BCUT2D eigenvalue weighted by Gasteiger charge is 2.20. The van der Waals surface area contributed by atoms with Crippen LogP contribution in [0.3, 0.4) is 0 Å². The van der Waals surface area contributed by atoms with Gasteiger partial charge in [0.15, 0.2) is 5.82 Å². The number of benzene rings is 1. The van der Waals surface area contributed by atoms with Crippen molar-refractivity contribution in [3.8, 4) is 5.75 Å². The zero-order valence-corrected chi connectivity index (χ0v) is 6.82. The van der Waals surface area contributed by atoms with Crippen molar-refractivity contribution in [3.63, 3.8) is 0 Å². The van der Waals surface area contributed by atoms with Crippen LogP contribution in [0, 0.1) is 5.82 Å². The molecule has 0 atom stereocenters. The molecule has 76 valence electrons. The van der Waals surface area contributed by atoms with E-state index in [1.165, 1.54) is 0 Å². The highest BCUT2D eigenvalue weighted by Crippen LogP contribution is 2.27. The average molecular weight is 206 g/mol. The average Bonchev–Trinajstić information content (AvgIpc) is 2.07. The lowest BCUT2D eigenvalue weighted by atomic mass is 10.2. The van der Waals surface area contributed by atoms with Crippen LogP contribution in [0.25, 0.3) is 0 Å². The number of alkyl halides is 2. The molecule has 0 aromatic heterocycles. The van der Waals surface area contributed by atoms with Gasteiger partial charge in [0.05, 0.1) is 5.56 Å². The maximum absolute atomic E-state index is 13.1. The Labute approximate surface area is 77.9 Å². The van der Waals surface area contributed by atoms with Crippen LogP contribution in [0.15, 0.2) is 18.2 Å². The van der Waals surface area contributed by atoms with Gasteiger partial charge < -0.3 is 14.7 Å². The first-order valence-corrected chi connectivity index (χ1v) is 3.61. The van der Waals surface area contributed by atoms with E-state index in [-0.39, 0.29) is 0 Å². The molecule has 0 aliphatic carbocycles. The molecule has 0 aliphatic rings. The first-order valence-electron chi connectivity index (χ1n) is 3.61. The molecule has 1 rings (SSSR count). The van der Waals surface area contributed by atoms with Crippen LogP contribution < -0.4 is 4.65 Å². The van der Waals surface area contributed by atoms with E-state index in [0.717, 1.165) is 18.2 Å². The Hall–Kier alpha value is -1.21. The Balaban J connectivity index is 3.01. The molecule has 1 aromatic carbocycles. The molecule has 0 unspecified atom stereocenters. The molecule has 3 nitrogen and oxygen atoms in total. The van der Waals surface area contributed by atoms with Gasteiger partial charge in [-0.25, -0.2) is 13.2 Å². The van der Waals surface area contributed by atoms with Crippen molar-refractivity contribution in [2.24, 2.45) is 0 Å². The summed E-state index contributed by atoms with van der Waals surface area (Å²) in [6.45, 7) is 0. The molecular weight excluding hydrogens is 200 g/mol. The van der Waals surface area contributed by atoms with Crippen molar-refractivity contribution >= 4 is 7.32 Å². The molecule has 14 heavy (non-hydrogen) atoms. The molecule has 0 radical (unpaired) electrons. The van der Waals surface area contributed by atoms with E-state index in [1.54, 1.807) is 0 Å². The van der Waals surface area contributed by atoms with Gasteiger partial charge in [0.25, 0.3) is 6.43 Å². The minimum absolute atomic E-state index is 0.627. The first-order chi connectivity index (χ1) is 6.52. The highest BCUT2D eigenvalue weighted by atomic mass is 19.3. The van der Waals surface area contributed by atoms with Crippen LogP contribution in [0.2, 0.25) is 0 Å². The predicted octanol–water partition coefficient (Wildman–Crippen LogP) is 1.11. The molecule has 0 amide bonds. The summed E-state index contributed by atoms with van der Waals surface area (Å²) in [5, 5.41) is 16.7. The number of hydrogen-bond donors (Lipinski definition) is 2. The largest absolute Gasteiger partial charge is 0.707 e. The van der Waals surface area contributed by atoms with Crippen LogP contribution in [-0.2, 0) is 0 Å². The van der Waals surface area contributed by atoms with Gasteiger partial charge >= 0.3 is 7.32 Å². The Morgan fingerprint density at radius 1 is 1.29 bits per heavy atom. The summed E-state index contributed by atoms with van der Waals surface area (Å²) in [5.74, 6) is -1.92. The Kier molecular flexibility index (Phi) is 3.37. The van der Waals surface area contributed by atoms with Gasteiger partial charge in [0.2, 0.25) is 0 Å². The second-order valence-electron chi connectivity index (χ2n) is 2.40. The lowest BCUT2D eigenvalue weighted by molar-refractivity contribution is 0.145. The minimum Gasteiger partial charge on any atom is -0.510 e. The Morgan fingerprint density at radius 3 is 2.43 bits per heavy atom. The van der Waals surface area contributed by atoms with Gasteiger partial charge in [0.1, 0.15) is 5.75 Å². The molecule has 0 saturated carbocycles. The predicted molar refractivity (Wildman–Crippen MR) is 42.2 cm³/mol. The molecule has 1 aromatic rings. The van der Waals surface area contributed by atoms with E-state index >= 15 is 0 Å². The third-order valence-corrected chi connectivity index (χ3v) is 1.46. The number of hydrogen-bond acceptors (Lipinski definition) is 3. The topological polar surface area (TPSA) is 49.7 Å². The molecule has 0 bridgehead atoms. The minimum atomic E-state index is -2.98. The van der Waals surface area contributed by atoms with E-state index in [1.807, 2.05) is 0 Å². The van der Waals surface area contributed by atoms with Gasteiger partial charge in [-0.05, 0) is 6.07 Å². The van der Waals surface area contributed by atoms with Crippen molar-refractivity contribution in [1.29, 1.82) is 0 Å². The van der Waals surface area contributed by atoms with E-state index < -0.39 is 30.9 Å². The second-order valence-corrected chi connectivity index (χ2v) is 2.40. The zero-order valence-electron chi connectivity index (χ0n) is 6.82. The number of halogens is 3. The van der Waals surface area contributed by atoms with Crippen molar-refractivity contribution in [3.05, 3.63) is 29.6 Å². The van der Waals surface area contributed by atoms with Gasteiger partial charge in [-0.2, -0.15) is 0 Å². The van der Waals surface area contributed by atoms with Crippen LogP contribution in [-0.4, -0.2) is 17.4 Å². The fourth-order valence-electron chi connectivity index (χ4n) is 0.901. The monoisotopic (exact) mass is 206 g/mol. The van der Waals surface area contributed by atoms with Crippen LogP contribution in [0.1, 0.15) is 12.0 Å². The lowest BCUT2D eigenvalue weighted by Gasteiger charge is -2.08. The Morgan fingerprint density at radius 2 is 1.93 bits per heavy atom. The van der Waals surface area contributed by atoms with E-state index in [4.69, 9.17) is 10.0 Å². The summed E-state index contributed by atoms with van der Waals surface area (Å²) in [6, 6.07) is 3.03. The van der Waals surface area contributed by atoms with Crippen molar-refractivity contribution in [1.82, 2.24) is 0 Å². The maximum atomic E-state index is 13.1. The van der Waals surface area contributed by atoms with Crippen LogP contribution >= 0.6 is 0 Å². The quantitative estimate of drug-likeness (QED) is 0.728. The molecule has 0 saturated heterocycles. The highest BCUT2D eigenvalue weighted by molar-refractivity contribution is 6.33. The van der Waals surface area contributed by atoms with E-state index in [2.05, 4.69) is 4.65 Å². The molecule has 2 N–H and O–H groups in total. The van der Waals surface area contributed by atoms with Crippen molar-refractivity contribution in [2.45, 2.75) is 6.43 Å². The van der Waals surface area contributed by atoms with Gasteiger partial charge in [-0.1, -0.05) is 12.1 Å². The molecule has 0 aliphatic heterocycles. The summed E-state index contributed by atoms with van der Waals surface area (Å²) in [4.78, 5) is 0. The fraction of sp³-hybridized carbons (Fsp3) is 0.143. The van der Waals surface area contributed by atoms with Crippen molar-refractivity contribution < 1.29 is 27.9 Å². The summed E-state index contributed by atoms with van der Waals surface area (Å²) < 4.78 is 41.4. The normalized spacial score (nSPS) is 10.4. The first kappa shape index (κ1) is 10.9. The molecule has 7 heteroatoms. The summed E-state index contributed by atoms with van der Waals surface area (Å²) >= 11 is 0.